The van der Waals surface area contributed by atoms with Crippen LogP contribution in [0.25, 0.3) is 0 Å². The van der Waals surface area contributed by atoms with E-state index in [1.807, 2.05) is 0 Å². The molecule has 0 aliphatic heterocycles. The molecule has 0 rings (SSSR count). The normalized spacial score (nSPS) is 0. The molecule has 0 saturated heterocycles. The van der Waals surface area contributed by atoms with Crippen molar-refractivity contribution in [2.75, 3.05) is 0 Å². The van der Waals surface area contributed by atoms with Gasteiger partial charge in [0.15, 0.2) is 0 Å². The zero-order valence-corrected chi connectivity index (χ0v) is 124. The van der Waals surface area contributed by atoms with Crippen molar-refractivity contribution in [2.24, 2.45) is 0 Å². The average Bonchev–Trinajstić information content (AvgIpc) is 0. The molecule has 0 aliphatic rings. The monoisotopic (exact) mass is 6810 g/mol. The Hall–Kier alpha value is 25.5. The Bertz CT molecular complexity index is 0. The molecule has 0 aliphatic carbocycles. The van der Waals surface area contributed by atoms with Crippen molar-refractivity contribution in [3.8, 4) is 0 Å². The van der Waals surface area contributed by atoms with E-state index in [0.717, 1.165) is 0 Å². The molecule has 0 fully saturated rings. The summed E-state index contributed by atoms with van der Waals surface area (Å²) in [5, 5.41) is 0. The SMILES string of the molecule is [W].[W].[W].[W].[W].[W].[W].[W].[W].[W].[W].[W].[W].[W].[W].[W].[W].[W].[W].[W].[W].[W].[W].[W].[W].[W].[W].[W].[W].[W].[W].[W].[W].[W].[W].[W].[W]. The summed E-state index contributed by atoms with van der Waals surface area (Å²) < 4.78 is 0. The van der Waals surface area contributed by atoms with E-state index in [1.54, 1.807) is 0 Å². The summed E-state index contributed by atoms with van der Waals surface area (Å²) in [4.78, 5) is 0. The van der Waals surface area contributed by atoms with Crippen LogP contribution in [-0.4, -0.2) is 0 Å². The van der Waals surface area contributed by atoms with Crippen molar-refractivity contribution in [1.29, 1.82) is 0 Å². The second kappa shape index (κ2) is 347. The first-order chi connectivity index (χ1) is 0. The molecule has 37 heavy (non-hydrogen) atoms. The topological polar surface area (TPSA) is 0 Å². The molecule has 0 aromatic carbocycles. The quantitative estimate of drug-likeness (QED) is 0.319. The van der Waals surface area contributed by atoms with Gasteiger partial charge in [-0.25, -0.2) is 0 Å². The predicted molar refractivity (Wildman–Crippen MR) is 0 cm³/mol. The molecule has 0 atom stereocenters. The third-order valence-electron chi connectivity index (χ3n) is 0. The molecular formula is W37. The molecule has 0 unspecified atom stereocenters. The largest absolute Gasteiger partial charge is 0 e. The van der Waals surface area contributed by atoms with Gasteiger partial charge in [-0.05, 0) is 0 Å². The van der Waals surface area contributed by atoms with Crippen LogP contribution < -0.4 is 0 Å². The summed E-state index contributed by atoms with van der Waals surface area (Å²) in [6.45, 7) is 0. The van der Waals surface area contributed by atoms with Crippen LogP contribution in [-0.2, 0) is 779 Å². The summed E-state index contributed by atoms with van der Waals surface area (Å²) in [6.07, 6.45) is 0. The Kier molecular flexibility index (Phi) is 3410. The van der Waals surface area contributed by atoms with Crippen LogP contribution in [0, 0.1) is 0 Å². The Morgan fingerprint density at radius 2 is 0.0270 bits per heavy atom. The van der Waals surface area contributed by atoms with Gasteiger partial charge in [-0.2, -0.15) is 0 Å². The maximum atomic E-state index is 0. The Morgan fingerprint density at radius 1 is 0.0270 bits per heavy atom. The molecule has 0 aromatic rings. The van der Waals surface area contributed by atoms with E-state index in [4.69, 9.17) is 0 Å². The van der Waals surface area contributed by atoms with Gasteiger partial charge in [0.25, 0.3) is 0 Å². The van der Waals surface area contributed by atoms with Crippen molar-refractivity contribution in [3.05, 3.63) is 0 Å². The fourth-order valence-corrected chi connectivity index (χ4v) is 0. The maximum Gasteiger partial charge on any atom is 0 e. The van der Waals surface area contributed by atoms with Crippen LogP contribution in [0.5, 0.6) is 0 Å². The summed E-state index contributed by atoms with van der Waals surface area (Å²) in [6, 6.07) is 0. The number of hydrogen-bond donors (Lipinski definition) is 0. The van der Waals surface area contributed by atoms with E-state index in [2.05, 4.69) is 0 Å². The fourth-order valence-electron chi connectivity index (χ4n) is 0. The molecule has 0 spiro atoms. The van der Waals surface area contributed by atoms with Crippen LogP contribution in [0.4, 0.5) is 0 Å². The number of rotatable bonds is 0. The van der Waals surface area contributed by atoms with Gasteiger partial charge in [0, 0.05) is 779 Å². The first-order valence-electron chi connectivity index (χ1n) is 0. The van der Waals surface area contributed by atoms with E-state index >= 15 is 0 Å². The zero-order valence-electron chi connectivity index (χ0n) is 15.1. The Labute approximate surface area is 756 Å². The minimum Gasteiger partial charge on any atom is 0 e. The van der Waals surface area contributed by atoms with E-state index in [9.17, 15) is 0 Å². The molecule has 0 aromatic heterocycles. The standard InChI is InChI=1S/37W. The van der Waals surface area contributed by atoms with E-state index in [-0.39, 0.29) is 779 Å². The molecule has 0 nitrogen and oxygen atoms in total. The maximum absolute atomic E-state index is 0. The van der Waals surface area contributed by atoms with Crippen LogP contribution in [0.15, 0.2) is 0 Å². The van der Waals surface area contributed by atoms with Gasteiger partial charge in [0.05, 0.1) is 0 Å². The van der Waals surface area contributed by atoms with Crippen LogP contribution in [0.3, 0.4) is 0 Å². The number of hydrogen-bond acceptors (Lipinski definition) is 0. The molecule has 0 amide bonds. The summed E-state index contributed by atoms with van der Waals surface area (Å²) in [7, 11) is 0. The van der Waals surface area contributed by atoms with Gasteiger partial charge in [0.1, 0.15) is 0 Å². The predicted octanol–water partition coefficient (Wildman–Crippen LogP) is -0.0925. The smallest absolute Gasteiger partial charge is 0 e. The molecule has 0 saturated carbocycles. The first-order valence-corrected chi connectivity index (χ1v) is 0. The third kappa shape index (κ3) is 335. The van der Waals surface area contributed by atoms with Crippen molar-refractivity contribution in [3.63, 3.8) is 0 Å². The molecule has 0 radical (unpaired) electrons. The summed E-state index contributed by atoms with van der Waals surface area (Å²) in [5.41, 5.74) is 0. The van der Waals surface area contributed by atoms with E-state index in [0.29, 0.717) is 0 Å². The van der Waals surface area contributed by atoms with Crippen LogP contribution in [0.1, 0.15) is 0 Å². The van der Waals surface area contributed by atoms with Gasteiger partial charge in [0.2, 0.25) is 0 Å². The van der Waals surface area contributed by atoms with Gasteiger partial charge in [-0.15, -0.1) is 0 Å². The zero-order chi connectivity index (χ0) is 0. The van der Waals surface area contributed by atoms with E-state index in [1.165, 1.54) is 0 Å². The second-order valence-electron chi connectivity index (χ2n) is 0. The van der Waals surface area contributed by atoms with Gasteiger partial charge in [-0.3, -0.25) is 0 Å². The minimum absolute atomic E-state index is 0. The summed E-state index contributed by atoms with van der Waals surface area (Å²) in [5.74, 6) is 0. The van der Waals surface area contributed by atoms with Crippen LogP contribution in [0.2, 0.25) is 0 Å². The second-order valence-corrected chi connectivity index (χ2v) is 0. The average molecular weight is 6800 g/mol. The molecular weight excluding hydrogens is 6800 g/mol. The Balaban J connectivity index is 0. The third-order valence-corrected chi connectivity index (χ3v) is 0. The van der Waals surface area contributed by atoms with Crippen LogP contribution >= 0.6 is 0 Å². The van der Waals surface area contributed by atoms with Crippen molar-refractivity contribution < 1.29 is 779 Å². The van der Waals surface area contributed by atoms with Crippen molar-refractivity contribution in [2.45, 2.75) is 0 Å². The molecule has 0 N–H and O–H groups in total. The minimum atomic E-state index is 0. The van der Waals surface area contributed by atoms with Gasteiger partial charge < -0.3 is 0 Å². The fraction of sp³-hybridized carbons (Fsp3) is 0. The van der Waals surface area contributed by atoms with E-state index < -0.39 is 0 Å². The Morgan fingerprint density at radius 3 is 0.0270 bits per heavy atom. The van der Waals surface area contributed by atoms with Crippen molar-refractivity contribution >= 4 is 0 Å². The first kappa shape index (κ1) is 364. The molecule has 0 heterocycles. The van der Waals surface area contributed by atoms with Gasteiger partial charge >= 0.3 is 0 Å². The molecule has 222 valence electrons. The molecule has 37 heteroatoms. The van der Waals surface area contributed by atoms with Crippen molar-refractivity contribution in [1.82, 2.24) is 0 Å². The molecule has 0 bridgehead atoms. The van der Waals surface area contributed by atoms with Gasteiger partial charge in [-0.1, -0.05) is 0 Å². The summed E-state index contributed by atoms with van der Waals surface area (Å²) >= 11 is 0.